The molecule has 1 N–H and O–H groups in total. The highest BCUT2D eigenvalue weighted by Gasteiger charge is 2.30. The van der Waals surface area contributed by atoms with Gasteiger partial charge in [0, 0.05) is 38.6 Å². The Balaban J connectivity index is 1.39. The third kappa shape index (κ3) is 4.36. The van der Waals surface area contributed by atoms with Gasteiger partial charge >= 0.3 is 5.97 Å². The Morgan fingerprint density at radius 2 is 1.89 bits per heavy atom. The number of nitrogens with zero attached hydrogens (tertiary/aromatic N) is 4. The van der Waals surface area contributed by atoms with Gasteiger partial charge in [-0.1, -0.05) is 12.1 Å². The number of carboxylic acids is 1. The number of hydrogen-bond acceptors (Lipinski definition) is 6. The van der Waals surface area contributed by atoms with Gasteiger partial charge in [0.25, 0.3) is 0 Å². The normalized spacial score (nSPS) is 18.9. The molecule has 0 unspecified atom stereocenters. The van der Waals surface area contributed by atoms with Crippen molar-refractivity contribution in [2.45, 2.75) is 18.9 Å². The highest BCUT2D eigenvalue weighted by molar-refractivity contribution is 5.75. The number of anilines is 1. The van der Waals surface area contributed by atoms with E-state index in [1.54, 1.807) is 18.6 Å². The first-order chi connectivity index (χ1) is 13.2. The Bertz CT molecular complexity index is 757. The summed E-state index contributed by atoms with van der Waals surface area (Å²) in [5, 5.41) is 9.81. The van der Waals surface area contributed by atoms with Crippen LogP contribution >= 0.6 is 0 Å². The summed E-state index contributed by atoms with van der Waals surface area (Å²) < 4.78 is 5.75. The number of hydrogen-bond donors (Lipinski definition) is 1. The number of aliphatic carboxylic acids is 1. The minimum atomic E-state index is -0.824. The maximum atomic E-state index is 12.0. The van der Waals surface area contributed by atoms with Crippen molar-refractivity contribution in [3.8, 4) is 5.75 Å². The van der Waals surface area contributed by atoms with Gasteiger partial charge < -0.3 is 14.7 Å². The Hall–Kier alpha value is -2.67. The van der Waals surface area contributed by atoms with Crippen LogP contribution in [0.5, 0.6) is 5.75 Å². The van der Waals surface area contributed by atoms with Crippen LogP contribution in [0, 0.1) is 5.92 Å². The summed E-state index contributed by atoms with van der Waals surface area (Å²) in [4.78, 5) is 24.5. The molecule has 2 aromatic rings. The lowest BCUT2D eigenvalue weighted by Crippen LogP contribution is -2.49. The molecule has 0 bridgehead atoms. The molecule has 1 aliphatic carbocycles. The van der Waals surface area contributed by atoms with Gasteiger partial charge in [0.05, 0.1) is 12.8 Å². The van der Waals surface area contributed by atoms with Crippen LogP contribution in [0.15, 0.2) is 42.9 Å². The second kappa shape index (κ2) is 7.92. The van der Waals surface area contributed by atoms with Crippen LogP contribution in [0.25, 0.3) is 0 Å². The SMILES string of the molecule is O=C(O)[C@H](c1ccc(OCC2CC2)cc1)N1CCN(c2cnccn2)CC1. The average Bonchev–Trinajstić information content (AvgIpc) is 3.53. The minimum Gasteiger partial charge on any atom is -0.493 e. The summed E-state index contributed by atoms with van der Waals surface area (Å²) in [6.07, 6.45) is 7.57. The summed E-state index contributed by atoms with van der Waals surface area (Å²) in [6.45, 7) is 3.53. The van der Waals surface area contributed by atoms with E-state index in [-0.39, 0.29) is 0 Å². The van der Waals surface area contributed by atoms with Crippen molar-refractivity contribution in [2.75, 3.05) is 37.7 Å². The van der Waals surface area contributed by atoms with E-state index in [4.69, 9.17) is 4.74 Å². The molecular formula is C20H24N4O3. The maximum absolute atomic E-state index is 12.0. The number of carboxylic acid groups (broad SMARTS) is 1. The fourth-order valence-corrected chi connectivity index (χ4v) is 3.42. The zero-order chi connectivity index (χ0) is 18.6. The van der Waals surface area contributed by atoms with Gasteiger partial charge in [-0.05, 0) is 36.5 Å². The maximum Gasteiger partial charge on any atom is 0.325 e. The topological polar surface area (TPSA) is 78.8 Å². The first kappa shape index (κ1) is 17.7. The Morgan fingerprint density at radius 1 is 1.15 bits per heavy atom. The average molecular weight is 368 g/mol. The van der Waals surface area contributed by atoms with E-state index in [9.17, 15) is 9.90 Å². The van der Waals surface area contributed by atoms with E-state index in [1.165, 1.54) is 12.8 Å². The molecule has 27 heavy (non-hydrogen) atoms. The van der Waals surface area contributed by atoms with Crippen molar-refractivity contribution in [3.05, 3.63) is 48.4 Å². The summed E-state index contributed by atoms with van der Waals surface area (Å²) in [7, 11) is 0. The standard InChI is InChI=1S/C20H24N4O3/c25-20(26)19(16-3-5-17(6-4-16)27-14-15-1-2-15)24-11-9-23(10-12-24)18-13-21-7-8-22-18/h3-8,13,15,19H,1-2,9-12,14H2,(H,25,26)/t19-/m0/s1. The zero-order valence-corrected chi connectivity index (χ0v) is 15.2. The van der Waals surface area contributed by atoms with E-state index in [2.05, 4.69) is 14.9 Å². The molecule has 2 aliphatic rings. The molecule has 0 amide bonds. The van der Waals surface area contributed by atoms with E-state index >= 15 is 0 Å². The number of carbonyl (C=O) groups is 1. The fraction of sp³-hybridized carbons (Fsp3) is 0.450. The Kier molecular flexibility index (Phi) is 5.20. The van der Waals surface area contributed by atoms with Crippen molar-refractivity contribution in [1.82, 2.24) is 14.9 Å². The van der Waals surface area contributed by atoms with E-state index in [1.807, 2.05) is 29.2 Å². The lowest BCUT2D eigenvalue weighted by molar-refractivity contribution is -0.143. The zero-order valence-electron chi connectivity index (χ0n) is 15.2. The smallest absolute Gasteiger partial charge is 0.325 e. The van der Waals surface area contributed by atoms with Crippen LogP contribution < -0.4 is 9.64 Å². The third-order valence-corrected chi connectivity index (χ3v) is 5.17. The number of piperazine rings is 1. The largest absolute Gasteiger partial charge is 0.493 e. The molecule has 0 spiro atoms. The third-order valence-electron chi connectivity index (χ3n) is 5.17. The first-order valence-corrected chi connectivity index (χ1v) is 9.41. The second-order valence-corrected chi connectivity index (χ2v) is 7.15. The molecule has 2 fully saturated rings. The lowest BCUT2D eigenvalue weighted by Gasteiger charge is -2.38. The molecule has 4 rings (SSSR count). The van der Waals surface area contributed by atoms with Crippen LogP contribution in [0.2, 0.25) is 0 Å². The number of aromatic nitrogens is 2. The van der Waals surface area contributed by atoms with Gasteiger partial charge in [-0.25, -0.2) is 4.98 Å². The minimum absolute atomic E-state index is 0.647. The van der Waals surface area contributed by atoms with E-state index < -0.39 is 12.0 Å². The van der Waals surface area contributed by atoms with Crippen molar-refractivity contribution >= 4 is 11.8 Å². The first-order valence-electron chi connectivity index (χ1n) is 9.41. The molecule has 0 radical (unpaired) electrons. The quantitative estimate of drug-likeness (QED) is 0.803. The number of benzene rings is 1. The van der Waals surface area contributed by atoms with Crippen molar-refractivity contribution in [1.29, 1.82) is 0 Å². The van der Waals surface area contributed by atoms with Crippen LogP contribution in [0.1, 0.15) is 24.4 Å². The van der Waals surface area contributed by atoms with Gasteiger partial charge in [-0.3, -0.25) is 14.7 Å². The summed E-state index contributed by atoms with van der Waals surface area (Å²) in [6, 6.07) is 6.85. The summed E-state index contributed by atoms with van der Waals surface area (Å²) in [5.74, 6) is 1.51. The van der Waals surface area contributed by atoms with Gasteiger partial charge in [0.1, 0.15) is 17.6 Å². The Labute approximate surface area is 158 Å². The van der Waals surface area contributed by atoms with Gasteiger partial charge in [-0.2, -0.15) is 0 Å². The molecule has 1 saturated heterocycles. The van der Waals surface area contributed by atoms with Crippen LogP contribution in [-0.4, -0.2) is 58.7 Å². The molecule has 1 atom stereocenters. The molecule has 142 valence electrons. The molecule has 1 aliphatic heterocycles. The molecule has 1 aromatic heterocycles. The van der Waals surface area contributed by atoms with Crippen molar-refractivity contribution in [3.63, 3.8) is 0 Å². The Morgan fingerprint density at radius 3 is 2.48 bits per heavy atom. The van der Waals surface area contributed by atoms with Crippen LogP contribution in [0.4, 0.5) is 5.82 Å². The number of ether oxygens (including phenoxy) is 1. The van der Waals surface area contributed by atoms with Crippen LogP contribution in [0.3, 0.4) is 0 Å². The molecule has 7 heteroatoms. The fourth-order valence-electron chi connectivity index (χ4n) is 3.42. The van der Waals surface area contributed by atoms with E-state index in [0.717, 1.165) is 36.8 Å². The van der Waals surface area contributed by atoms with Gasteiger partial charge in [0.15, 0.2) is 0 Å². The molecule has 2 heterocycles. The highest BCUT2D eigenvalue weighted by atomic mass is 16.5. The second-order valence-electron chi connectivity index (χ2n) is 7.15. The molecular weight excluding hydrogens is 344 g/mol. The lowest BCUT2D eigenvalue weighted by atomic mass is 10.0. The van der Waals surface area contributed by atoms with E-state index in [0.29, 0.717) is 19.0 Å². The summed E-state index contributed by atoms with van der Waals surface area (Å²) >= 11 is 0. The highest BCUT2D eigenvalue weighted by Crippen LogP contribution is 2.30. The summed E-state index contributed by atoms with van der Waals surface area (Å²) in [5.41, 5.74) is 0.786. The predicted molar refractivity (Wildman–Crippen MR) is 101 cm³/mol. The van der Waals surface area contributed by atoms with Crippen molar-refractivity contribution < 1.29 is 14.6 Å². The molecule has 1 saturated carbocycles. The monoisotopic (exact) mass is 368 g/mol. The molecule has 7 nitrogen and oxygen atoms in total. The van der Waals surface area contributed by atoms with Crippen LogP contribution in [-0.2, 0) is 4.79 Å². The molecule has 1 aromatic carbocycles. The predicted octanol–water partition coefficient (Wildman–Crippen LogP) is 2.21. The van der Waals surface area contributed by atoms with Gasteiger partial charge in [0.2, 0.25) is 0 Å². The van der Waals surface area contributed by atoms with Gasteiger partial charge in [-0.15, -0.1) is 0 Å². The van der Waals surface area contributed by atoms with Crippen molar-refractivity contribution in [2.24, 2.45) is 5.92 Å². The number of rotatable bonds is 7.